The minimum Gasteiger partial charge on any atom is -0.375 e. The summed E-state index contributed by atoms with van der Waals surface area (Å²) in [5.41, 5.74) is 0.937. The zero-order chi connectivity index (χ0) is 8.10. The molecular weight excluding hydrogens is 138 g/mol. The number of aromatic nitrogens is 1. The van der Waals surface area contributed by atoms with Gasteiger partial charge in [-0.05, 0) is 12.1 Å². The summed E-state index contributed by atoms with van der Waals surface area (Å²) in [4.78, 5) is 3.94. The average molecular weight is 149 g/mol. The van der Waals surface area contributed by atoms with E-state index in [2.05, 4.69) is 22.2 Å². The fourth-order valence-corrected chi connectivity index (χ4v) is 0.673. The van der Waals surface area contributed by atoms with Gasteiger partial charge in [-0.1, -0.05) is 6.58 Å². The summed E-state index contributed by atoms with van der Waals surface area (Å²) < 4.78 is 0. The van der Waals surface area contributed by atoms with Crippen LogP contribution in [0.5, 0.6) is 0 Å². The molecule has 0 saturated carbocycles. The highest BCUT2D eigenvalue weighted by Gasteiger charge is 1.89. The first-order valence-corrected chi connectivity index (χ1v) is 3.36. The fourth-order valence-electron chi connectivity index (χ4n) is 0.673. The van der Waals surface area contributed by atoms with E-state index in [1.807, 2.05) is 19.2 Å². The van der Waals surface area contributed by atoms with Gasteiger partial charge in [-0.25, -0.2) is 0 Å². The van der Waals surface area contributed by atoms with Crippen LogP contribution in [0.3, 0.4) is 0 Å². The summed E-state index contributed by atoms with van der Waals surface area (Å²) in [7, 11) is 1.81. The van der Waals surface area contributed by atoms with Crippen LogP contribution >= 0.6 is 0 Å². The van der Waals surface area contributed by atoms with Gasteiger partial charge in [0.1, 0.15) is 0 Å². The Kier molecular flexibility index (Phi) is 2.49. The third-order valence-electron chi connectivity index (χ3n) is 1.26. The Labute approximate surface area is 66.2 Å². The molecule has 0 radical (unpaired) electrons. The molecule has 1 aromatic heterocycles. The second kappa shape index (κ2) is 3.61. The zero-order valence-corrected chi connectivity index (χ0v) is 6.46. The van der Waals surface area contributed by atoms with E-state index in [9.17, 15) is 0 Å². The van der Waals surface area contributed by atoms with Gasteiger partial charge in [-0.3, -0.25) is 4.98 Å². The predicted molar refractivity (Wildman–Crippen MR) is 46.1 cm³/mol. The summed E-state index contributed by atoms with van der Waals surface area (Å²) in [5.74, 6) is 0.762. The second-order valence-corrected chi connectivity index (χ2v) is 2.10. The number of anilines is 1. The molecule has 3 nitrogen and oxygen atoms in total. The van der Waals surface area contributed by atoms with Gasteiger partial charge in [-0.2, -0.15) is 0 Å². The predicted octanol–water partition coefficient (Wildman–Crippen LogP) is 1.18. The molecule has 0 atom stereocenters. The van der Waals surface area contributed by atoms with Crippen LogP contribution in [0.25, 0.3) is 0 Å². The maximum Gasteiger partial charge on any atom is 0.0954 e. The van der Waals surface area contributed by atoms with Crippen molar-refractivity contribution in [3.8, 4) is 0 Å². The second-order valence-electron chi connectivity index (χ2n) is 2.10. The first kappa shape index (κ1) is 7.60. The van der Waals surface area contributed by atoms with Crippen LogP contribution in [-0.2, 0) is 0 Å². The van der Waals surface area contributed by atoms with E-state index in [4.69, 9.17) is 0 Å². The summed E-state index contributed by atoms with van der Waals surface area (Å²) in [6.07, 6.45) is 3.47. The molecular formula is C8H11N3. The van der Waals surface area contributed by atoms with Gasteiger partial charge in [-0.15, -0.1) is 0 Å². The van der Waals surface area contributed by atoms with Crippen LogP contribution in [0, 0.1) is 0 Å². The number of pyridine rings is 1. The molecule has 0 amide bonds. The molecule has 1 aromatic rings. The van der Waals surface area contributed by atoms with E-state index in [1.54, 1.807) is 12.4 Å². The molecule has 0 unspecified atom stereocenters. The molecule has 0 fully saturated rings. The highest BCUT2D eigenvalue weighted by Crippen LogP contribution is 2.03. The van der Waals surface area contributed by atoms with Gasteiger partial charge in [0.2, 0.25) is 0 Å². The maximum atomic E-state index is 3.94. The molecule has 1 rings (SSSR count). The Balaban J connectivity index is 2.58. The lowest BCUT2D eigenvalue weighted by Gasteiger charge is -2.06. The van der Waals surface area contributed by atoms with Gasteiger partial charge >= 0.3 is 0 Å². The first-order chi connectivity index (χ1) is 5.33. The number of hydrogen-bond donors (Lipinski definition) is 2. The quantitative estimate of drug-likeness (QED) is 0.677. The maximum absolute atomic E-state index is 3.94. The number of rotatable bonds is 3. The van der Waals surface area contributed by atoms with Crippen molar-refractivity contribution in [3.05, 3.63) is 36.9 Å². The van der Waals surface area contributed by atoms with Crippen molar-refractivity contribution in [2.45, 2.75) is 0 Å². The molecule has 0 saturated heterocycles. The van der Waals surface area contributed by atoms with Crippen LogP contribution in [-0.4, -0.2) is 12.0 Å². The molecule has 0 aliphatic heterocycles. The molecule has 1 heterocycles. The van der Waals surface area contributed by atoms with Gasteiger partial charge in [0.15, 0.2) is 0 Å². The Morgan fingerprint density at radius 2 is 2.45 bits per heavy atom. The standard InChI is InChI=1S/C8H11N3/c1-7(9-2)11-8-4-3-5-10-6-8/h3-6,9,11H,1H2,2H3. The first-order valence-electron chi connectivity index (χ1n) is 3.36. The highest BCUT2D eigenvalue weighted by atomic mass is 15.1. The molecule has 2 N–H and O–H groups in total. The van der Waals surface area contributed by atoms with Gasteiger partial charge in [0.25, 0.3) is 0 Å². The lowest BCUT2D eigenvalue weighted by molar-refractivity contribution is 1.00. The lowest BCUT2D eigenvalue weighted by atomic mass is 10.4. The van der Waals surface area contributed by atoms with Crippen molar-refractivity contribution in [3.63, 3.8) is 0 Å². The summed E-state index contributed by atoms with van der Waals surface area (Å²) in [5, 5.41) is 5.90. The van der Waals surface area contributed by atoms with E-state index in [0.717, 1.165) is 11.5 Å². The molecule has 58 valence electrons. The Hall–Kier alpha value is -1.51. The van der Waals surface area contributed by atoms with E-state index >= 15 is 0 Å². The van der Waals surface area contributed by atoms with Crippen LogP contribution < -0.4 is 10.6 Å². The van der Waals surface area contributed by atoms with Crippen molar-refractivity contribution >= 4 is 5.69 Å². The van der Waals surface area contributed by atoms with E-state index in [-0.39, 0.29) is 0 Å². The molecule has 0 aromatic carbocycles. The molecule has 0 spiro atoms. The molecule has 3 heteroatoms. The SMILES string of the molecule is C=C(NC)Nc1cccnc1. The monoisotopic (exact) mass is 149 g/mol. The molecule has 0 aliphatic rings. The minimum absolute atomic E-state index is 0.762. The fraction of sp³-hybridized carbons (Fsp3) is 0.125. The van der Waals surface area contributed by atoms with E-state index in [0.29, 0.717) is 0 Å². The average Bonchev–Trinajstić information content (AvgIpc) is 2.06. The van der Waals surface area contributed by atoms with E-state index < -0.39 is 0 Å². The Bertz CT molecular complexity index is 230. The van der Waals surface area contributed by atoms with Gasteiger partial charge in [0, 0.05) is 13.2 Å². The lowest BCUT2D eigenvalue weighted by Crippen LogP contribution is -2.12. The van der Waals surface area contributed by atoms with Crippen molar-refractivity contribution in [2.75, 3.05) is 12.4 Å². The number of nitrogens with zero attached hydrogens (tertiary/aromatic N) is 1. The topological polar surface area (TPSA) is 37.0 Å². The van der Waals surface area contributed by atoms with Crippen molar-refractivity contribution in [1.82, 2.24) is 10.3 Å². The van der Waals surface area contributed by atoms with Gasteiger partial charge < -0.3 is 10.6 Å². The van der Waals surface area contributed by atoms with Crippen molar-refractivity contribution < 1.29 is 0 Å². The molecule has 0 aliphatic carbocycles. The van der Waals surface area contributed by atoms with E-state index in [1.165, 1.54) is 0 Å². The van der Waals surface area contributed by atoms with Crippen molar-refractivity contribution in [1.29, 1.82) is 0 Å². The van der Waals surface area contributed by atoms with Crippen LogP contribution in [0.4, 0.5) is 5.69 Å². The number of hydrogen-bond acceptors (Lipinski definition) is 3. The number of nitrogens with one attached hydrogen (secondary N) is 2. The highest BCUT2D eigenvalue weighted by molar-refractivity contribution is 5.44. The molecule has 11 heavy (non-hydrogen) atoms. The molecule has 0 bridgehead atoms. The van der Waals surface area contributed by atoms with Crippen LogP contribution in [0.1, 0.15) is 0 Å². The largest absolute Gasteiger partial charge is 0.375 e. The summed E-state index contributed by atoms with van der Waals surface area (Å²) in [6.45, 7) is 3.72. The van der Waals surface area contributed by atoms with Gasteiger partial charge in [0.05, 0.1) is 17.7 Å². The summed E-state index contributed by atoms with van der Waals surface area (Å²) >= 11 is 0. The Morgan fingerprint density at radius 1 is 1.64 bits per heavy atom. The van der Waals surface area contributed by atoms with Crippen molar-refractivity contribution in [2.24, 2.45) is 0 Å². The smallest absolute Gasteiger partial charge is 0.0954 e. The normalized spacial score (nSPS) is 8.82. The Morgan fingerprint density at radius 3 is 3.00 bits per heavy atom. The minimum atomic E-state index is 0.762. The van der Waals surface area contributed by atoms with Crippen LogP contribution in [0.15, 0.2) is 36.9 Å². The third-order valence-corrected chi connectivity index (χ3v) is 1.26. The third kappa shape index (κ3) is 2.29. The van der Waals surface area contributed by atoms with Crippen LogP contribution in [0.2, 0.25) is 0 Å². The zero-order valence-electron chi connectivity index (χ0n) is 6.46. The summed E-state index contributed by atoms with van der Waals surface area (Å²) in [6, 6.07) is 3.79.